The number of nitrogens with one attached hydrogen (secondary N) is 2. The van der Waals surface area contributed by atoms with E-state index >= 15 is 0 Å². The molecule has 4 amide bonds. The van der Waals surface area contributed by atoms with E-state index in [9.17, 15) is 44.2 Å². The predicted molar refractivity (Wildman–Crippen MR) is 307 cm³/mol. The summed E-state index contributed by atoms with van der Waals surface area (Å²) < 4.78 is 0. The first-order chi connectivity index (χ1) is 36.2. The maximum absolute atomic E-state index is 13.8. The Labute approximate surface area is 470 Å². The number of rotatable bonds is 15. The molecule has 4 aromatic rings. The average molecular weight is 1110 g/mol. The van der Waals surface area contributed by atoms with Gasteiger partial charge in [0.05, 0.1) is 62.5 Å². The van der Waals surface area contributed by atoms with Crippen molar-refractivity contribution in [3.05, 3.63) is 81.1 Å². The second kappa shape index (κ2) is 24.0. The molecular formula is C61H83N7O8S2. The fraction of sp³-hybridized carbons (Fsp3) is 0.590. The first-order valence-corrected chi connectivity index (χ1v) is 29.0. The molecule has 2 aromatic heterocycles. The van der Waals surface area contributed by atoms with Gasteiger partial charge in [-0.15, -0.1) is 22.7 Å². The van der Waals surface area contributed by atoms with Gasteiger partial charge in [-0.2, -0.15) is 5.26 Å². The third-order valence-corrected chi connectivity index (χ3v) is 17.2. The van der Waals surface area contributed by atoms with Gasteiger partial charge in [-0.05, 0) is 107 Å². The highest BCUT2D eigenvalue weighted by Gasteiger charge is 2.53. The number of aromatic nitrogens is 2. The zero-order valence-corrected chi connectivity index (χ0v) is 50.2. The molecule has 6 atom stereocenters. The number of benzene rings is 2. The third kappa shape index (κ3) is 14.6. The van der Waals surface area contributed by atoms with Crippen LogP contribution >= 0.6 is 22.7 Å². The topological polar surface area (TPSA) is 223 Å². The van der Waals surface area contributed by atoms with Crippen molar-refractivity contribution in [1.82, 2.24) is 30.4 Å². The molecule has 2 aliphatic heterocycles. The number of carbonyl (C=O) groups excluding carboxylic acids is 6. The molecule has 2 aromatic carbocycles. The van der Waals surface area contributed by atoms with Crippen LogP contribution in [0.15, 0.2) is 47.4 Å². The number of ketones is 2. The number of nitriles is 1. The number of hydrogen-bond acceptors (Lipinski definition) is 13. The number of carbonyl (C=O) groups is 6. The minimum Gasteiger partial charge on any atom is -0.391 e. The number of nitrogens with zero attached hydrogens (tertiary/aromatic N) is 5. The first kappa shape index (κ1) is 61.5. The van der Waals surface area contributed by atoms with Crippen molar-refractivity contribution in [3.8, 4) is 27.0 Å². The maximum Gasteiger partial charge on any atom is 0.246 e. The van der Waals surface area contributed by atoms with Crippen LogP contribution in [0.4, 0.5) is 0 Å². The fourth-order valence-electron chi connectivity index (χ4n) is 10.6. The van der Waals surface area contributed by atoms with Gasteiger partial charge in [-0.1, -0.05) is 107 Å². The number of thiazole rings is 2. The Hall–Kier alpha value is -5.67. The van der Waals surface area contributed by atoms with E-state index in [4.69, 9.17) is 0 Å². The van der Waals surface area contributed by atoms with Crippen molar-refractivity contribution < 1.29 is 39.0 Å². The van der Waals surface area contributed by atoms with E-state index in [1.165, 1.54) is 22.3 Å². The second-order valence-corrected chi connectivity index (χ2v) is 27.7. The summed E-state index contributed by atoms with van der Waals surface area (Å²) >= 11 is 3.23. The maximum atomic E-state index is 13.8. The van der Waals surface area contributed by atoms with Gasteiger partial charge in [-0.3, -0.25) is 28.8 Å². The Morgan fingerprint density at radius 2 is 1.05 bits per heavy atom. The first-order valence-electron chi connectivity index (χ1n) is 27.3. The molecule has 3 fully saturated rings. The molecule has 6 unspecified atom stereocenters. The lowest BCUT2D eigenvalue weighted by Crippen LogP contribution is -2.57. The van der Waals surface area contributed by atoms with Crippen molar-refractivity contribution in [3.63, 3.8) is 0 Å². The summed E-state index contributed by atoms with van der Waals surface area (Å²) in [6, 6.07) is 11.7. The average Bonchev–Trinajstić information content (AvgIpc) is 3.76. The molecule has 4 heterocycles. The normalized spacial score (nSPS) is 20.0. The highest BCUT2D eigenvalue weighted by Crippen LogP contribution is 2.46. The highest BCUT2D eigenvalue weighted by atomic mass is 32.1. The van der Waals surface area contributed by atoms with E-state index in [0.29, 0.717) is 25.7 Å². The van der Waals surface area contributed by atoms with E-state index in [2.05, 4.69) is 105 Å². The second-order valence-electron chi connectivity index (χ2n) is 26.0. The predicted octanol–water partition coefficient (Wildman–Crippen LogP) is 9.14. The van der Waals surface area contributed by atoms with Crippen LogP contribution in [0.5, 0.6) is 0 Å². The molecular weight excluding hydrogens is 1020 g/mol. The van der Waals surface area contributed by atoms with E-state index in [0.717, 1.165) is 49.0 Å². The van der Waals surface area contributed by atoms with Gasteiger partial charge in [0.15, 0.2) is 11.6 Å². The highest BCUT2D eigenvalue weighted by molar-refractivity contribution is 7.13. The molecule has 3 aliphatic rings. The standard InChI is InChI=1S/C32H42N4O4S.C29H41N3O4S/c1-19-26(41-18-34-19)21-9-8-20(23(14-21)30(2,3)4)10-11-25(38)24-15-22(37)16-36(24)28(39)27(31(5,6)7)35-29(40)32(17-33)12-13-32;1-17-25(37-16-30-17)20-10-9-19(22(13-20)28(3,4)5)11-12-24(35)23-14-21(34)15-32(23)27(36)26(29(6,7)8)31-18(2)33/h8-9,14,18,22,24,27,37H,10-13,15-16H2,1-7H3,(H,35,40);9-10,13,16,21,23,26,34H,11-12,14-15H2,1-8H3,(H,31,33). The lowest BCUT2D eigenvalue weighted by Gasteiger charge is -2.35. The van der Waals surface area contributed by atoms with Crippen LogP contribution in [-0.4, -0.2) is 115 Å². The number of aryl methyl sites for hydroxylation is 4. The molecule has 4 N–H and O–H groups in total. The molecule has 0 bridgehead atoms. The zero-order chi connectivity index (χ0) is 58.0. The van der Waals surface area contributed by atoms with Gasteiger partial charge >= 0.3 is 0 Å². The van der Waals surface area contributed by atoms with Crippen LogP contribution in [0.3, 0.4) is 0 Å². The van der Waals surface area contributed by atoms with Gasteiger partial charge in [-0.25, -0.2) is 9.97 Å². The summed E-state index contributed by atoms with van der Waals surface area (Å²) in [5.41, 5.74) is 9.96. The smallest absolute Gasteiger partial charge is 0.246 e. The lowest BCUT2D eigenvalue weighted by atomic mass is 9.81. The molecule has 1 saturated carbocycles. The lowest BCUT2D eigenvalue weighted by molar-refractivity contribution is -0.144. The van der Waals surface area contributed by atoms with Gasteiger partial charge in [0.1, 0.15) is 17.5 Å². The van der Waals surface area contributed by atoms with Crippen LogP contribution < -0.4 is 10.6 Å². The van der Waals surface area contributed by atoms with Gasteiger partial charge in [0.2, 0.25) is 23.6 Å². The quantitative estimate of drug-likeness (QED) is 0.0879. The van der Waals surface area contributed by atoms with Gasteiger partial charge in [0, 0.05) is 45.7 Å². The fourth-order valence-corrected chi connectivity index (χ4v) is 12.2. The molecule has 1 aliphatic carbocycles. The number of hydrogen-bond donors (Lipinski definition) is 4. The third-order valence-electron chi connectivity index (χ3n) is 15.2. The Morgan fingerprint density at radius 3 is 1.36 bits per heavy atom. The Balaban J connectivity index is 0.000000254. The van der Waals surface area contributed by atoms with E-state index in [1.54, 1.807) is 22.7 Å². The van der Waals surface area contributed by atoms with Crippen molar-refractivity contribution in [2.24, 2.45) is 16.2 Å². The number of likely N-dealkylation sites (tertiary alicyclic amines) is 2. The molecule has 0 spiro atoms. The molecule has 17 heteroatoms. The molecule has 7 rings (SSSR count). The molecule has 422 valence electrons. The van der Waals surface area contributed by atoms with Gasteiger partial charge < -0.3 is 30.6 Å². The van der Waals surface area contributed by atoms with Gasteiger partial charge in [0.25, 0.3) is 0 Å². The number of amides is 4. The number of Topliss-reactive ketones (excluding diaryl/α,β-unsaturated/α-hetero) is 2. The largest absolute Gasteiger partial charge is 0.391 e. The summed E-state index contributed by atoms with van der Waals surface area (Å²) in [7, 11) is 0. The monoisotopic (exact) mass is 1110 g/mol. The Bertz CT molecular complexity index is 2920. The van der Waals surface area contributed by atoms with Crippen molar-refractivity contribution in [1.29, 1.82) is 5.26 Å². The molecule has 78 heavy (non-hydrogen) atoms. The van der Waals surface area contributed by atoms with Crippen LogP contribution in [0, 0.1) is 41.4 Å². The van der Waals surface area contributed by atoms with Crippen molar-refractivity contribution >= 4 is 57.9 Å². The van der Waals surface area contributed by atoms with Crippen LogP contribution in [0.2, 0.25) is 0 Å². The molecule has 0 radical (unpaired) electrons. The van der Waals surface area contributed by atoms with Crippen molar-refractivity contribution in [2.45, 2.75) is 202 Å². The molecule has 15 nitrogen and oxygen atoms in total. The van der Waals surface area contributed by atoms with Crippen LogP contribution in [0.1, 0.15) is 162 Å². The summed E-state index contributed by atoms with van der Waals surface area (Å²) in [5.74, 6) is -1.63. The minimum absolute atomic E-state index is 0.0389. The van der Waals surface area contributed by atoms with E-state index < -0.39 is 64.4 Å². The van der Waals surface area contributed by atoms with E-state index in [1.807, 2.05) is 66.4 Å². The van der Waals surface area contributed by atoms with E-state index in [-0.39, 0.29) is 73.0 Å². The number of β-amino-alcohol motifs (C(OH)–C–C–N with tert-alkyl or cyclic N) is 2. The number of aliphatic hydroxyl groups is 2. The summed E-state index contributed by atoms with van der Waals surface area (Å²) in [6.07, 6.45) is 1.34. The van der Waals surface area contributed by atoms with Crippen molar-refractivity contribution in [2.75, 3.05) is 13.1 Å². The van der Waals surface area contributed by atoms with Crippen LogP contribution in [0.25, 0.3) is 20.9 Å². The summed E-state index contributed by atoms with van der Waals surface area (Å²) in [4.78, 5) is 93.0. The SMILES string of the molecule is CC(=O)NC(C(=O)N1CC(O)CC1C(=O)CCc1ccc(-c2scnc2C)cc1C(C)(C)C)C(C)(C)C.Cc1ncsc1-c1ccc(CCC(=O)C2CC(O)CN2C(=O)C(NC(=O)C2(C#N)CC2)C(C)(C)C)c(C(C)(C)C)c1. The molecule has 2 saturated heterocycles. The summed E-state index contributed by atoms with van der Waals surface area (Å²) in [5, 5.41) is 35.9. The minimum atomic E-state index is -1.07. The Kier molecular flexibility index (Phi) is 18.9. The zero-order valence-electron chi connectivity index (χ0n) is 48.6. The number of aliphatic hydroxyl groups excluding tert-OH is 2. The Morgan fingerprint density at radius 1 is 0.667 bits per heavy atom. The summed E-state index contributed by atoms with van der Waals surface area (Å²) in [6.45, 7) is 29.6. The van der Waals surface area contributed by atoms with Crippen LogP contribution in [-0.2, 0) is 52.4 Å².